The monoisotopic (exact) mass is 286 g/mol. The molecular formula is C11H15BrN2O2. The first-order valence-corrected chi connectivity index (χ1v) is 5.99. The molecule has 0 unspecified atom stereocenters. The minimum Gasteiger partial charge on any atom is -0.455 e. The summed E-state index contributed by atoms with van der Waals surface area (Å²) in [6, 6.07) is 1.71. The van der Waals surface area contributed by atoms with Gasteiger partial charge in [-0.15, -0.1) is 0 Å². The van der Waals surface area contributed by atoms with Crippen LogP contribution in [0.5, 0.6) is 0 Å². The van der Waals surface area contributed by atoms with Crippen molar-refractivity contribution in [3.8, 4) is 0 Å². The number of nitrogen functional groups attached to an aromatic ring is 1. The van der Waals surface area contributed by atoms with Gasteiger partial charge in [-0.05, 0) is 32.4 Å². The normalized spacial score (nSPS) is 11.2. The summed E-state index contributed by atoms with van der Waals surface area (Å²) in [5, 5.41) is 0.652. The molecule has 0 saturated carbocycles. The van der Waals surface area contributed by atoms with Crippen molar-refractivity contribution < 1.29 is 9.53 Å². The summed E-state index contributed by atoms with van der Waals surface area (Å²) in [7, 11) is 0. The predicted molar refractivity (Wildman–Crippen MR) is 66.4 cm³/mol. The second-order valence-electron chi connectivity index (χ2n) is 4.42. The summed E-state index contributed by atoms with van der Waals surface area (Å²) in [5.74, 6) is -0.494. The smallest absolute Gasteiger partial charge is 0.359 e. The zero-order valence-corrected chi connectivity index (χ0v) is 11.2. The number of pyridine rings is 1. The Hall–Kier alpha value is -1.10. The summed E-state index contributed by atoms with van der Waals surface area (Å²) < 4.78 is 5.18. The second-order valence-corrected chi connectivity index (χ2v) is 4.98. The summed E-state index contributed by atoms with van der Waals surface area (Å²) in [5.41, 5.74) is 6.62. The van der Waals surface area contributed by atoms with Crippen molar-refractivity contribution in [2.45, 2.75) is 31.7 Å². The number of hydrogen-bond donors (Lipinski definition) is 1. The first kappa shape index (κ1) is 13.0. The number of nitrogens with two attached hydrogens (primary N) is 1. The molecule has 1 aromatic heterocycles. The van der Waals surface area contributed by atoms with Crippen LogP contribution >= 0.6 is 15.9 Å². The lowest BCUT2D eigenvalue weighted by Crippen LogP contribution is -2.25. The summed E-state index contributed by atoms with van der Waals surface area (Å²) >= 11 is 3.29. The highest BCUT2D eigenvalue weighted by atomic mass is 79.9. The molecule has 0 spiro atoms. The van der Waals surface area contributed by atoms with Crippen LogP contribution in [-0.4, -0.2) is 16.6 Å². The molecule has 1 heterocycles. The molecule has 0 saturated heterocycles. The fourth-order valence-corrected chi connectivity index (χ4v) is 1.40. The van der Waals surface area contributed by atoms with Crippen LogP contribution in [0.15, 0.2) is 12.3 Å². The highest BCUT2D eigenvalue weighted by molar-refractivity contribution is 9.08. The van der Waals surface area contributed by atoms with Crippen molar-refractivity contribution >= 4 is 27.6 Å². The van der Waals surface area contributed by atoms with Gasteiger partial charge in [0.25, 0.3) is 0 Å². The van der Waals surface area contributed by atoms with E-state index in [2.05, 4.69) is 20.9 Å². The number of alkyl halides is 1. The standard InChI is InChI=1S/C11H15BrN2O2/c1-11(2,3)16-10(15)9-8(13)4-7(5-12)6-14-9/h4,6H,5,13H2,1-3H3. The van der Waals surface area contributed by atoms with E-state index < -0.39 is 11.6 Å². The van der Waals surface area contributed by atoms with Crippen molar-refractivity contribution in [3.63, 3.8) is 0 Å². The molecule has 0 atom stereocenters. The van der Waals surface area contributed by atoms with Gasteiger partial charge >= 0.3 is 5.97 Å². The van der Waals surface area contributed by atoms with E-state index in [1.165, 1.54) is 0 Å². The predicted octanol–water partition coefficient (Wildman–Crippen LogP) is 2.51. The number of nitrogens with zero attached hydrogens (tertiary/aromatic N) is 1. The quantitative estimate of drug-likeness (QED) is 0.670. The van der Waals surface area contributed by atoms with Gasteiger partial charge < -0.3 is 10.5 Å². The molecule has 0 bridgehead atoms. The van der Waals surface area contributed by atoms with Gasteiger partial charge in [-0.25, -0.2) is 9.78 Å². The summed E-state index contributed by atoms with van der Waals surface area (Å²) in [4.78, 5) is 15.7. The lowest BCUT2D eigenvalue weighted by atomic mass is 10.2. The molecular weight excluding hydrogens is 272 g/mol. The topological polar surface area (TPSA) is 65.2 Å². The number of rotatable bonds is 2. The maximum absolute atomic E-state index is 11.7. The van der Waals surface area contributed by atoms with Crippen LogP contribution in [0.1, 0.15) is 36.8 Å². The van der Waals surface area contributed by atoms with E-state index in [1.807, 2.05) is 0 Å². The highest BCUT2D eigenvalue weighted by Crippen LogP contribution is 2.17. The van der Waals surface area contributed by atoms with Gasteiger partial charge in [0.15, 0.2) is 5.69 Å². The minimum absolute atomic E-state index is 0.166. The van der Waals surface area contributed by atoms with E-state index in [4.69, 9.17) is 10.5 Å². The average Bonchev–Trinajstić information content (AvgIpc) is 2.14. The maximum atomic E-state index is 11.7. The minimum atomic E-state index is -0.542. The Bertz CT molecular complexity index is 399. The van der Waals surface area contributed by atoms with Gasteiger partial charge in [0.2, 0.25) is 0 Å². The van der Waals surface area contributed by atoms with Gasteiger partial charge in [-0.1, -0.05) is 15.9 Å². The molecule has 0 aliphatic rings. The van der Waals surface area contributed by atoms with Crippen LogP contribution in [0.2, 0.25) is 0 Å². The average molecular weight is 287 g/mol. The SMILES string of the molecule is CC(C)(C)OC(=O)c1ncc(CBr)cc1N. The second kappa shape index (κ2) is 4.82. The van der Waals surface area contributed by atoms with Gasteiger partial charge in [-0.2, -0.15) is 0 Å². The lowest BCUT2D eigenvalue weighted by Gasteiger charge is -2.19. The Morgan fingerprint density at radius 1 is 1.56 bits per heavy atom. The van der Waals surface area contributed by atoms with Crippen LogP contribution in [0.25, 0.3) is 0 Å². The Morgan fingerprint density at radius 3 is 2.62 bits per heavy atom. The molecule has 0 amide bonds. The first-order chi connectivity index (χ1) is 7.33. The van der Waals surface area contributed by atoms with Crippen LogP contribution < -0.4 is 5.73 Å². The number of halogens is 1. The zero-order chi connectivity index (χ0) is 12.3. The van der Waals surface area contributed by atoms with E-state index in [9.17, 15) is 4.79 Å². The number of carbonyl (C=O) groups is 1. The van der Waals surface area contributed by atoms with E-state index in [1.54, 1.807) is 33.0 Å². The molecule has 16 heavy (non-hydrogen) atoms. The third-order valence-electron chi connectivity index (χ3n) is 1.72. The largest absolute Gasteiger partial charge is 0.455 e. The Morgan fingerprint density at radius 2 is 2.19 bits per heavy atom. The molecule has 88 valence electrons. The highest BCUT2D eigenvalue weighted by Gasteiger charge is 2.20. The van der Waals surface area contributed by atoms with E-state index in [0.717, 1.165) is 5.56 Å². The number of esters is 1. The van der Waals surface area contributed by atoms with Crippen LogP contribution in [-0.2, 0) is 10.1 Å². The Balaban J connectivity index is 2.93. The number of ether oxygens (including phenoxy) is 1. The molecule has 0 fully saturated rings. The molecule has 1 aromatic rings. The van der Waals surface area contributed by atoms with Crippen molar-refractivity contribution in [3.05, 3.63) is 23.5 Å². The Labute approximate surface area is 103 Å². The molecule has 0 radical (unpaired) electrons. The van der Waals surface area contributed by atoms with Gasteiger partial charge in [0.05, 0.1) is 5.69 Å². The van der Waals surface area contributed by atoms with E-state index in [0.29, 0.717) is 11.0 Å². The fourth-order valence-electron chi connectivity index (χ4n) is 1.10. The number of hydrogen-bond acceptors (Lipinski definition) is 4. The number of anilines is 1. The first-order valence-electron chi connectivity index (χ1n) is 4.87. The van der Waals surface area contributed by atoms with Crippen molar-refractivity contribution in [1.29, 1.82) is 0 Å². The maximum Gasteiger partial charge on any atom is 0.359 e. The van der Waals surface area contributed by atoms with Crippen LogP contribution in [0, 0.1) is 0 Å². The lowest BCUT2D eigenvalue weighted by molar-refractivity contribution is 0.00642. The summed E-state index contributed by atoms with van der Waals surface area (Å²) in [6.07, 6.45) is 1.60. The molecule has 5 heteroatoms. The molecule has 0 aliphatic heterocycles. The molecule has 1 rings (SSSR count). The van der Waals surface area contributed by atoms with Crippen molar-refractivity contribution in [2.24, 2.45) is 0 Å². The van der Waals surface area contributed by atoms with E-state index >= 15 is 0 Å². The third kappa shape index (κ3) is 3.48. The van der Waals surface area contributed by atoms with Gasteiger partial charge in [0, 0.05) is 11.5 Å². The van der Waals surface area contributed by atoms with Gasteiger partial charge in [0.1, 0.15) is 5.60 Å². The van der Waals surface area contributed by atoms with Crippen LogP contribution in [0.4, 0.5) is 5.69 Å². The van der Waals surface area contributed by atoms with Crippen molar-refractivity contribution in [1.82, 2.24) is 4.98 Å². The fraction of sp³-hybridized carbons (Fsp3) is 0.455. The Kier molecular flexibility index (Phi) is 3.91. The molecule has 2 N–H and O–H groups in total. The van der Waals surface area contributed by atoms with Crippen LogP contribution in [0.3, 0.4) is 0 Å². The van der Waals surface area contributed by atoms with Crippen molar-refractivity contribution in [2.75, 3.05) is 5.73 Å². The number of aromatic nitrogens is 1. The molecule has 0 aromatic carbocycles. The summed E-state index contributed by atoms with van der Waals surface area (Å²) in [6.45, 7) is 5.40. The van der Waals surface area contributed by atoms with Gasteiger partial charge in [-0.3, -0.25) is 0 Å². The van der Waals surface area contributed by atoms with E-state index in [-0.39, 0.29) is 5.69 Å². The molecule has 0 aliphatic carbocycles. The zero-order valence-electron chi connectivity index (χ0n) is 9.58. The number of carbonyl (C=O) groups excluding carboxylic acids is 1. The third-order valence-corrected chi connectivity index (χ3v) is 2.37. The molecule has 4 nitrogen and oxygen atoms in total.